The minimum absolute atomic E-state index is 0.231. The molecule has 2 nitrogen and oxygen atoms in total. The van der Waals surface area contributed by atoms with E-state index < -0.39 is 11.7 Å². The van der Waals surface area contributed by atoms with Crippen LogP contribution >= 0.6 is 0 Å². The van der Waals surface area contributed by atoms with E-state index in [4.69, 9.17) is 0 Å². The Balaban J connectivity index is 1.54. The van der Waals surface area contributed by atoms with Crippen molar-refractivity contribution in [2.75, 3.05) is 13.1 Å². The highest BCUT2D eigenvalue weighted by Crippen LogP contribution is 2.31. The number of nitrogens with one attached hydrogen (secondary N) is 1. The third-order valence-electron chi connectivity index (χ3n) is 4.43. The van der Waals surface area contributed by atoms with Gasteiger partial charge in [0.2, 0.25) is 0 Å². The predicted molar refractivity (Wildman–Crippen MR) is 88.4 cm³/mol. The average Bonchev–Trinajstić information content (AvgIpc) is 3.01. The molecule has 128 valence electrons. The highest BCUT2D eigenvalue weighted by molar-refractivity contribution is 5.29. The second-order valence-electron chi connectivity index (χ2n) is 6.24. The normalized spacial score (nSPS) is 18.9. The van der Waals surface area contributed by atoms with Crippen LogP contribution in [0.5, 0.6) is 0 Å². The van der Waals surface area contributed by atoms with E-state index in [2.05, 4.69) is 22.3 Å². The number of hydrogen-bond acceptors (Lipinski definition) is 2. The molecule has 1 fully saturated rings. The van der Waals surface area contributed by atoms with Gasteiger partial charge in [-0.25, -0.2) is 0 Å². The van der Waals surface area contributed by atoms with Crippen molar-refractivity contribution < 1.29 is 13.2 Å². The van der Waals surface area contributed by atoms with Gasteiger partial charge in [0.15, 0.2) is 0 Å². The second-order valence-corrected chi connectivity index (χ2v) is 6.24. The highest BCUT2D eigenvalue weighted by atomic mass is 19.4. The third kappa shape index (κ3) is 4.36. The molecule has 0 aliphatic carbocycles. The van der Waals surface area contributed by atoms with Crippen LogP contribution in [0.25, 0.3) is 0 Å². The zero-order chi connectivity index (χ0) is 17.0. The van der Waals surface area contributed by atoms with E-state index in [0.29, 0.717) is 5.56 Å². The number of hydrogen-bond donors (Lipinski definition) is 1. The minimum atomic E-state index is -4.30. The maximum absolute atomic E-state index is 13.0. The smallest absolute Gasteiger partial charge is 0.309 e. The molecule has 0 radical (unpaired) electrons. The number of benzene rings is 2. The lowest BCUT2D eigenvalue weighted by molar-refractivity contribution is -0.138. The largest absolute Gasteiger partial charge is 0.416 e. The van der Waals surface area contributed by atoms with Gasteiger partial charge in [0.05, 0.1) is 5.56 Å². The summed E-state index contributed by atoms with van der Waals surface area (Å²) in [4.78, 5) is 2.34. The van der Waals surface area contributed by atoms with E-state index in [1.54, 1.807) is 12.1 Å². The summed E-state index contributed by atoms with van der Waals surface area (Å²) in [6, 6.07) is 16.3. The molecular formula is C19H21F3N2. The molecule has 0 bridgehead atoms. The van der Waals surface area contributed by atoms with Crippen LogP contribution in [0.3, 0.4) is 0 Å². The molecule has 1 unspecified atom stereocenters. The van der Waals surface area contributed by atoms with Crippen LogP contribution in [-0.4, -0.2) is 24.0 Å². The van der Waals surface area contributed by atoms with Gasteiger partial charge in [-0.05, 0) is 23.6 Å². The molecule has 2 aromatic carbocycles. The second kappa shape index (κ2) is 7.36. The summed E-state index contributed by atoms with van der Waals surface area (Å²) in [5.41, 5.74) is 1.03. The van der Waals surface area contributed by atoms with Crippen molar-refractivity contribution in [2.45, 2.75) is 31.7 Å². The maximum atomic E-state index is 13.0. The predicted octanol–water partition coefficient (Wildman–Crippen LogP) is 4.07. The molecule has 1 atom stereocenters. The molecular weight excluding hydrogens is 313 g/mol. The van der Waals surface area contributed by atoms with E-state index in [-0.39, 0.29) is 12.6 Å². The fourth-order valence-electron chi connectivity index (χ4n) is 3.19. The summed E-state index contributed by atoms with van der Waals surface area (Å²) in [7, 11) is 0. The van der Waals surface area contributed by atoms with Crippen LogP contribution in [0.15, 0.2) is 54.6 Å². The van der Waals surface area contributed by atoms with E-state index >= 15 is 0 Å². The molecule has 1 saturated heterocycles. The van der Waals surface area contributed by atoms with Crippen LogP contribution in [0.2, 0.25) is 0 Å². The fourth-order valence-corrected chi connectivity index (χ4v) is 3.19. The van der Waals surface area contributed by atoms with Gasteiger partial charge in [0.25, 0.3) is 0 Å². The van der Waals surface area contributed by atoms with Gasteiger partial charge in [-0.15, -0.1) is 0 Å². The molecule has 3 rings (SSSR count). The van der Waals surface area contributed by atoms with Gasteiger partial charge in [0, 0.05) is 32.2 Å². The fraction of sp³-hybridized carbons (Fsp3) is 0.368. The Morgan fingerprint density at radius 2 is 1.71 bits per heavy atom. The molecule has 1 aliphatic rings. The number of rotatable bonds is 5. The Hall–Kier alpha value is -1.85. The summed E-state index contributed by atoms with van der Waals surface area (Å²) in [5, 5.41) is 3.28. The zero-order valence-electron chi connectivity index (χ0n) is 13.4. The van der Waals surface area contributed by atoms with Crippen LogP contribution in [0.1, 0.15) is 23.1 Å². The molecule has 1 N–H and O–H groups in total. The van der Waals surface area contributed by atoms with Crippen molar-refractivity contribution in [3.8, 4) is 0 Å². The lowest BCUT2D eigenvalue weighted by Gasteiger charge is -2.18. The Labute approximate surface area is 140 Å². The lowest BCUT2D eigenvalue weighted by Crippen LogP contribution is -2.32. The highest BCUT2D eigenvalue weighted by Gasteiger charge is 2.33. The van der Waals surface area contributed by atoms with Gasteiger partial charge < -0.3 is 5.32 Å². The summed E-state index contributed by atoms with van der Waals surface area (Å²) in [6.45, 7) is 2.97. The third-order valence-corrected chi connectivity index (χ3v) is 4.43. The standard InChI is InChI=1S/C19H21F3N2/c20-19(21,22)18-9-5-4-8-16(18)12-23-17-10-11-24(14-17)13-15-6-2-1-3-7-15/h1-9,17,23H,10-14H2. The lowest BCUT2D eigenvalue weighted by atomic mass is 10.1. The van der Waals surface area contributed by atoms with Gasteiger partial charge in [-0.2, -0.15) is 13.2 Å². The first-order valence-electron chi connectivity index (χ1n) is 8.17. The molecule has 5 heteroatoms. The van der Waals surface area contributed by atoms with Crippen LogP contribution in [-0.2, 0) is 19.3 Å². The van der Waals surface area contributed by atoms with Crippen molar-refractivity contribution in [1.82, 2.24) is 10.2 Å². The summed E-state index contributed by atoms with van der Waals surface area (Å²) >= 11 is 0. The topological polar surface area (TPSA) is 15.3 Å². The Kier molecular flexibility index (Phi) is 5.21. The average molecular weight is 334 g/mol. The first-order chi connectivity index (χ1) is 11.5. The number of alkyl halides is 3. The van der Waals surface area contributed by atoms with Crippen molar-refractivity contribution in [1.29, 1.82) is 0 Å². The quantitative estimate of drug-likeness (QED) is 0.887. The molecule has 0 aromatic heterocycles. The Morgan fingerprint density at radius 1 is 1.00 bits per heavy atom. The van der Waals surface area contributed by atoms with Crippen LogP contribution in [0.4, 0.5) is 13.2 Å². The van der Waals surface area contributed by atoms with Crippen LogP contribution < -0.4 is 5.32 Å². The molecule has 1 heterocycles. The number of nitrogens with zero attached hydrogens (tertiary/aromatic N) is 1. The first-order valence-corrected chi connectivity index (χ1v) is 8.17. The molecule has 0 spiro atoms. The Morgan fingerprint density at radius 3 is 2.46 bits per heavy atom. The molecule has 2 aromatic rings. The summed E-state index contributed by atoms with van der Waals surface area (Å²) in [5.74, 6) is 0. The first kappa shape index (κ1) is 17.0. The van der Waals surface area contributed by atoms with Gasteiger partial charge in [-0.1, -0.05) is 48.5 Å². The molecule has 1 aliphatic heterocycles. The van der Waals surface area contributed by atoms with Gasteiger partial charge >= 0.3 is 6.18 Å². The van der Waals surface area contributed by atoms with Crippen LogP contribution in [0, 0.1) is 0 Å². The Bertz CT molecular complexity index is 655. The van der Waals surface area contributed by atoms with E-state index in [1.807, 2.05) is 18.2 Å². The zero-order valence-corrected chi connectivity index (χ0v) is 13.4. The van der Waals surface area contributed by atoms with Crippen molar-refractivity contribution in [2.24, 2.45) is 0 Å². The SMILES string of the molecule is FC(F)(F)c1ccccc1CNC1CCN(Cc2ccccc2)C1. The van der Waals surface area contributed by atoms with E-state index in [1.165, 1.54) is 11.6 Å². The summed E-state index contributed by atoms with van der Waals surface area (Å²) < 4.78 is 39.1. The monoisotopic (exact) mass is 334 g/mol. The molecule has 0 amide bonds. The minimum Gasteiger partial charge on any atom is -0.309 e. The van der Waals surface area contributed by atoms with Gasteiger partial charge in [0.1, 0.15) is 0 Å². The van der Waals surface area contributed by atoms with Gasteiger partial charge in [-0.3, -0.25) is 4.90 Å². The number of halogens is 3. The van der Waals surface area contributed by atoms with Crippen molar-refractivity contribution in [3.05, 3.63) is 71.3 Å². The van der Waals surface area contributed by atoms with Crippen molar-refractivity contribution >= 4 is 0 Å². The van der Waals surface area contributed by atoms with E-state index in [0.717, 1.165) is 32.1 Å². The van der Waals surface area contributed by atoms with Crippen molar-refractivity contribution in [3.63, 3.8) is 0 Å². The maximum Gasteiger partial charge on any atom is 0.416 e. The summed E-state index contributed by atoms with van der Waals surface area (Å²) in [6.07, 6.45) is -3.34. The molecule has 24 heavy (non-hydrogen) atoms. The number of likely N-dealkylation sites (tertiary alicyclic amines) is 1. The van der Waals surface area contributed by atoms with E-state index in [9.17, 15) is 13.2 Å². The molecule has 0 saturated carbocycles.